The van der Waals surface area contributed by atoms with Crippen molar-refractivity contribution in [1.82, 2.24) is 9.97 Å². The minimum absolute atomic E-state index is 0.102. The number of nitro benzene ring substituents is 1. The van der Waals surface area contributed by atoms with Crippen LogP contribution in [0.5, 0.6) is 5.88 Å². The number of non-ortho nitro benzene ring substituents is 1. The predicted octanol–water partition coefficient (Wildman–Crippen LogP) is 5.40. The molecule has 0 unspecified atom stereocenters. The van der Waals surface area contributed by atoms with Gasteiger partial charge in [-0.25, -0.2) is 0 Å². The van der Waals surface area contributed by atoms with E-state index < -0.39 is 4.92 Å². The second-order valence-electron chi connectivity index (χ2n) is 5.92. The summed E-state index contributed by atoms with van der Waals surface area (Å²) in [4.78, 5) is 28.1. The summed E-state index contributed by atoms with van der Waals surface area (Å²) in [6.45, 7) is 1.70. The van der Waals surface area contributed by atoms with E-state index >= 15 is 0 Å². The Morgan fingerprint density at radius 2 is 1.96 bits per heavy atom. The Morgan fingerprint density at radius 3 is 2.65 bits per heavy atom. The quantitative estimate of drug-likeness (QED) is 0.235. The lowest BCUT2D eigenvalue weighted by Crippen LogP contribution is -1.89. The highest BCUT2D eigenvalue weighted by Crippen LogP contribution is 2.45. The Kier molecular flexibility index (Phi) is 3.55. The van der Waals surface area contributed by atoms with Crippen LogP contribution in [0.3, 0.4) is 0 Å². The number of aromatic amines is 2. The van der Waals surface area contributed by atoms with Gasteiger partial charge in [-0.1, -0.05) is 15.9 Å². The maximum absolute atomic E-state index is 11.5. The zero-order valence-electron chi connectivity index (χ0n) is 13.3. The number of hydrogen-bond donors (Lipinski definition) is 3. The summed E-state index contributed by atoms with van der Waals surface area (Å²) < 4.78 is 0.773. The molecule has 0 amide bonds. The molecule has 4 aromatic rings. The molecule has 3 N–H and O–H groups in total. The van der Waals surface area contributed by atoms with Crippen molar-refractivity contribution >= 4 is 49.1 Å². The van der Waals surface area contributed by atoms with E-state index in [2.05, 4.69) is 31.1 Å². The number of fused-ring (bicyclic) bond motifs is 2. The number of nitrogens with one attached hydrogen (secondary N) is 2. The Morgan fingerprint density at radius 1 is 1.19 bits per heavy atom. The Bertz CT molecular complexity index is 1220. The number of nitroso groups, excluding NO2 is 1. The van der Waals surface area contributed by atoms with Gasteiger partial charge in [-0.3, -0.25) is 10.1 Å². The molecular weight excluding hydrogens is 404 g/mol. The molecule has 0 aliphatic rings. The van der Waals surface area contributed by atoms with Crippen LogP contribution in [0, 0.1) is 21.9 Å². The van der Waals surface area contributed by atoms with Crippen molar-refractivity contribution in [3.05, 3.63) is 55.4 Å². The number of nitro groups is 1. The Labute approximate surface area is 154 Å². The fourth-order valence-corrected chi connectivity index (χ4v) is 3.58. The first-order valence-corrected chi connectivity index (χ1v) is 8.34. The third kappa shape index (κ3) is 2.28. The molecule has 0 fully saturated rings. The zero-order valence-corrected chi connectivity index (χ0v) is 14.9. The first-order chi connectivity index (χ1) is 12.4. The van der Waals surface area contributed by atoms with Crippen LogP contribution in [-0.2, 0) is 0 Å². The van der Waals surface area contributed by atoms with Crippen LogP contribution in [0.1, 0.15) is 5.56 Å². The minimum Gasteiger partial charge on any atom is -0.494 e. The van der Waals surface area contributed by atoms with Crippen molar-refractivity contribution in [1.29, 1.82) is 0 Å². The maximum Gasteiger partial charge on any atom is 0.270 e. The fraction of sp³-hybridized carbons (Fsp3) is 0.0588. The molecular formula is C17H11BrN4O4. The molecule has 0 aliphatic carbocycles. The number of halogens is 1. The van der Waals surface area contributed by atoms with E-state index in [-0.39, 0.29) is 22.8 Å². The summed E-state index contributed by atoms with van der Waals surface area (Å²) in [5, 5.41) is 25.8. The molecule has 0 bridgehead atoms. The van der Waals surface area contributed by atoms with Crippen LogP contribution in [0.4, 0.5) is 11.4 Å². The molecule has 0 radical (unpaired) electrons. The molecule has 130 valence electrons. The lowest BCUT2D eigenvalue weighted by atomic mass is 10.0. The minimum atomic E-state index is -0.499. The molecule has 4 rings (SSSR count). The van der Waals surface area contributed by atoms with E-state index in [4.69, 9.17) is 0 Å². The molecule has 9 heteroatoms. The molecule has 2 heterocycles. The van der Waals surface area contributed by atoms with E-state index in [1.54, 1.807) is 25.1 Å². The van der Waals surface area contributed by atoms with E-state index in [1.807, 2.05) is 0 Å². The third-order valence-corrected chi connectivity index (χ3v) is 4.85. The largest absolute Gasteiger partial charge is 0.494 e. The average molecular weight is 415 g/mol. The number of benzene rings is 2. The fourth-order valence-electron chi connectivity index (χ4n) is 3.22. The molecule has 0 spiro atoms. The van der Waals surface area contributed by atoms with Crippen LogP contribution in [0.2, 0.25) is 0 Å². The molecule has 2 aromatic heterocycles. The van der Waals surface area contributed by atoms with Gasteiger partial charge in [0.2, 0.25) is 0 Å². The number of H-pyrrole nitrogens is 2. The summed E-state index contributed by atoms with van der Waals surface area (Å²) >= 11 is 3.35. The second kappa shape index (κ2) is 5.67. The maximum atomic E-state index is 11.5. The van der Waals surface area contributed by atoms with Crippen LogP contribution in [-0.4, -0.2) is 20.0 Å². The van der Waals surface area contributed by atoms with Crippen molar-refractivity contribution in [2.24, 2.45) is 5.18 Å². The van der Waals surface area contributed by atoms with Gasteiger partial charge in [0.1, 0.15) is 5.69 Å². The van der Waals surface area contributed by atoms with Crippen molar-refractivity contribution < 1.29 is 10.0 Å². The molecule has 0 saturated carbocycles. The van der Waals surface area contributed by atoms with Gasteiger partial charge < -0.3 is 15.1 Å². The van der Waals surface area contributed by atoms with Crippen LogP contribution >= 0.6 is 15.9 Å². The third-order valence-electron chi connectivity index (χ3n) is 4.36. The van der Waals surface area contributed by atoms with E-state index in [1.165, 1.54) is 12.1 Å². The van der Waals surface area contributed by atoms with E-state index in [0.717, 1.165) is 4.47 Å². The van der Waals surface area contributed by atoms with Crippen LogP contribution < -0.4 is 0 Å². The first-order valence-electron chi connectivity index (χ1n) is 7.55. The average Bonchev–Trinajstić information content (AvgIpc) is 3.10. The molecule has 2 aromatic carbocycles. The lowest BCUT2D eigenvalue weighted by Gasteiger charge is -2.00. The summed E-state index contributed by atoms with van der Waals surface area (Å²) in [6.07, 6.45) is 0. The van der Waals surface area contributed by atoms with Crippen molar-refractivity contribution in [3.63, 3.8) is 0 Å². The molecule has 0 aliphatic heterocycles. The molecule has 0 atom stereocenters. The number of aromatic nitrogens is 2. The standard InChI is InChI=1S/C17H11BrN4O4/c1-7-4-9(22(25)26)6-11-13(17(23)20-14(7)11)16-15(21-24)10-5-8(18)2-3-12(10)19-16/h2-6,19-20,23H,1H3. The smallest absolute Gasteiger partial charge is 0.270 e. The number of rotatable bonds is 3. The van der Waals surface area contributed by atoms with Gasteiger partial charge in [0, 0.05) is 32.9 Å². The summed E-state index contributed by atoms with van der Waals surface area (Å²) in [5.41, 5.74) is 2.42. The highest BCUT2D eigenvalue weighted by molar-refractivity contribution is 9.10. The number of aromatic hydroxyl groups is 1. The Balaban J connectivity index is 2.12. The number of hydrogen-bond acceptors (Lipinski definition) is 5. The first kappa shape index (κ1) is 16.3. The van der Waals surface area contributed by atoms with Gasteiger partial charge in [0.25, 0.3) is 5.69 Å². The van der Waals surface area contributed by atoms with Crippen LogP contribution in [0.15, 0.2) is 40.0 Å². The molecule has 8 nitrogen and oxygen atoms in total. The topological polar surface area (TPSA) is 124 Å². The van der Waals surface area contributed by atoms with Crippen molar-refractivity contribution in [2.45, 2.75) is 6.92 Å². The van der Waals surface area contributed by atoms with E-state index in [0.29, 0.717) is 33.1 Å². The summed E-state index contributed by atoms with van der Waals surface area (Å²) in [6, 6.07) is 8.11. The predicted molar refractivity (Wildman–Crippen MR) is 102 cm³/mol. The highest BCUT2D eigenvalue weighted by Gasteiger charge is 2.24. The van der Waals surface area contributed by atoms with Gasteiger partial charge in [0.05, 0.1) is 21.7 Å². The molecule has 0 saturated heterocycles. The summed E-state index contributed by atoms with van der Waals surface area (Å²) in [5.74, 6) is -0.195. The zero-order chi connectivity index (χ0) is 18.6. The van der Waals surface area contributed by atoms with Gasteiger partial charge >= 0.3 is 0 Å². The molecule has 26 heavy (non-hydrogen) atoms. The normalized spacial score (nSPS) is 11.3. The lowest BCUT2D eigenvalue weighted by molar-refractivity contribution is -0.384. The van der Waals surface area contributed by atoms with Gasteiger partial charge in [0.15, 0.2) is 5.88 Å². The van der Waals surface area contributed by atoms with E-state index in [9.17, 15) is 20.1 Å². The highest BCUT2D eigenvalue weighted by atomic mass is 79.9. The van der Waals surface area contributed by atoms with Gasteiger partial charge in [-0.2, -0.15) is 0 Å². The second-order valence-corrected chi connectivity index (χ2v) is 6.84. The monoisotopic (exact) mass is 414 g/mol. The number of aryl methyl sites for hydroxylation is 1. The SMILES string of the molecule is Cc1cc([N+](=O)[O-])cc2c(-c3[nH]c4ccc(Br)cc4c3N=O)c(O)[nH]c12. The number of nitrogens with zero attached hydrogens (tertiary/aromatic N) is 2. The van der Waals surface area contributed by atoms with Gasteiger partial charge in [-0.15, -0.1) is 4.91 Å². The Hall–Kier alpha value is -3.20. The van der Waals surface area contributed by atoms with Crippen LogP contribution in [0.25, 0.3) is 33.1 Å². The van der Waals surface area contributed by atoms with Crippen molar-refractivity contribution in [3.8, 4) is 17.1 Å². The van der Waals surface area contributed by atoms with Gasteiger partial charge in [-0.05, 0) is 35.9 Å². The van der Waals surface area contributed by atoms with Crippen molar-refractivity contribution in [2.75, 3.05) is 0 Å². The summed E-state index contributed by atoms with van der Waals surface area (Å²) in [7, 11) is 0.